The smallest absolute Gasteiger partial charge is 0.174 e. The Kier molecular flexibility index (Phi) is 6.16. The molecule has 0 saturated carbocycles. The summed E-state index contributed by atoms with van der Waals surface area (Å²) in [5, 5.41) is 4.30. The molecule has 1 fully saturated rings. The summed E-state index contributed by atoms with van der Waals surface area (Å²) in [6.45, 7) is 7.37. The van der Waals surface area contributed by atoms with Gasteiger partial charge in [-0.3, -0.25) is 9.97 Å². The molecule has 1 aromatic carbocycles. The Morgan fingerprint density at radius 2 is 1.71 bits per heavy atom. The van der Waals surface area contributed by atoms with E-state index < -0.39 is 0 Å². The number of hydrogen-bond donors (Lipinski definition) is 1. The minimum absolute atomic E-state index is 0.00716. The number of benzene rings is 1. The number of rotatable bonds is 6. The first-order valence-corrected chi connectivity index (χ1v) is 12.1. The third kappa shape index (κ3) is 4.10. The highest BCUT2D eigenvalue weighted by molar-refractivity contribution is 7.80. The van der Waals surface area contributed by atoms with Crippen LogP contribution in [0.3, 0.4) is 0 Å². The lowest BCUT2D eigenvalue weighted by Gasteiger charge is -2.28. The first-order chi connectivity index (χ1) is 16.6. The third-order valence-electron chi connectivity index (χ3n) is 6.74. The van der Waals surface area contributed by atoms with E-state index in [2.05, 4.69) is 89.1 Å². The van der Waals surface area contributed by atoms with E-state index in [9.17, 15) is 0 Å². The summed E-state index contributed by atoms with van der Waals surface area (Å²) in [6.07, 6.45) is 6.56. The van der Waals surface area contributed by atoms with Crippen LogP contribution >= 0.6 is 12.2 Å². The van der Waals surface area contributed by atoms with Crippen LogP contribution in [0.5, 0.6) is 0 Å². The van der Waals surface area contributed by atoms with Crippen molar-refractivity contribution in [1.29, 1.82) is 0 Å². The Morgan fingerprint density at radius 3 is 2.38 bits per heavy atom. The number of nitrogens with one attached hydrogen (secondary N) is 1. The van der Waals surface area contributed by atoms with Gasteiger partial charge in [-0.1, -0.05) is 25.1 Å². The lowest BCUT2D eigenvalue weighted by atomic mass is 9.96. The van der Waals surface area contributed by atoms with E-state index in [4.69, 9.17) is 17.2 Å². The number of pyridine rings is 2. The maximum absolute atomic E-state index is 5.90. The quantitative estimate of drug-likeness (QED) is 0.370. The lowest BCUT2D eigenvalue weighted by molar-refractivity contribution is 0.563. The zero-order valence-corrected chi connectivity index (χ0v) is 20.6. The van der Waals surface area contributed by atoms with Crippen LogP contribution in [-0.4, -0.2) is 19.6 Å². The zero-order valence-electron chi connectivity index (χ0n) is 19.8. The summed E-state index contributed by atoms with van der Waals surface area (Å²) in [6, 6.07) is 21.2. The molecule has 1 aliphatic heterocycles. The maximum Gasteiger partial charge on any atom is 0.174 e. The van der Waals surface area contributed by atoms with Crippen LogP contribution in [0, 0.1) is 13.8 Å². The summed E-state index contributed by atoms with van der Waals surface area (Å²) >= 11 is 5.90. The van der Waals surface area contributed by atoms with Crippen molar-refractivity contribution in [3.63, 3.8) is 0 Å². The molecular weight excluding hydrogens is 438 g/mol. The van der Waals surface area contributed by atoms with Gasteiger partial charge in [0.25, 0.3) is 0 Å². The highest BCUT2D eigenvalue weighted by Gasteiger charge is 2.42. The molecule has 0 unspecified atom stereocenters. The van der Waals surface area contributed by atoms with Crippen molar-refractivity contribution in [3.05, 3.63) is 113 Å². The Morgan fingerprint density at radius 1 is 0.941 bits per heavy atom. The van der Waals surface area contributed by atoms with Gasteiger partial charge in [0.15, 0.2) is 5.11 Å². The SMILES string of the molecule is CCc1ccc(N2C(=S)N[C@H](c3ccccn3)[C@H]2c2cc(C)n(Cc3ccncc3)c2C)cc1. The van der Waals surface area contributed by atoms with Crippen LogP contribution in [0.15, 0.2) is 79.3 Å². The molecule has 1 aliphatic rings. The summed E-state index contributed by atoms with van der Waals surface area (Å²) in [5.74, 6) is 0. The van der Waals surface area contributed by atoms with Gasteiger partial charge >= 0.3 is 0 Å². The first-order valence-electron chi connectivity index (χ1n) is 11.7. The molecule has 5 nitrogen and oxygen atoms in total. The van der Waals surface area contributed by atoms with Crippen molar-refractivity contribution in [1.82, 2.24) is 19.9 Å². The van der Waals surface area contributed by atoms with Crippen molar-refractivity contribution < 1.29 is 0 Å². The average molecular weight is 468 g/mol. The molecule has 172 valence electrons. The molecule has 6 heteroatoms. The van der Waals surface area contributed by atoms with Crippen molar-refractivity contribution in [2.24, 2.45) is 0 Å². The van der Waals surface area contributed by atoms with Gasteiger partial charge in [-0.15, -0.1) is 0 Å². The number of anilines is 1. The molecule has 5 rings (SSSR count). The highest BCUT2D eigenvalue weighted by Crippen LogP contribution is 2.43. The van der Waals surface area contributed by atoms with Crippen molar-refractivity contribution in [2.75, 3.05) is 4.90 Å². The van der Waals surface area contributed by atoms with Gasteiger partial charge in [-0.2, -0.15) is 0 Å². The molecule has 34 heavy (non-hydrogen) atoms. The van der Waals surface area contributed by atoms with Crippen LogP contribution in [-0.2, 0) is 13.0 Å². The van der Waals surface area contributed by atoms with Crippen molar-refractivity contribution in [3.8, 4) is 0 Å². The summed E-state index contributed by atoms with van der Waals surface area (Å²) in [4.78, 5) is 11.1. The number of thiocarbonyl (C=S) groups is 1. The monoisotopic (exact) mass is 467 g/mol. The number of aryl methyl sites for hydroxylation is 2. The molecule has 0 bridgehead atoms. The van der Waals surface area contributed by atoms with Gasteiger partial charge in [0.1, 0.15) is 0 Å². The van der Waals surface area contributed by atoms with E-state index in [-0.39, 0.29) is 12.1 Å². The van der Waals surface area contributed by atoms with Crippen LogP contribution in [0.25, 0.3) is 0 Å². The predicted octanol–water partition coefficient (Wildman–Crippen LogP) is 5.68. The standard InChI is InChI=1S/C28H29N5S/c1-4-21-8-10-23(11-9-21)33-27(26(31-28(33)34)25-7-5-6-14-30-25)24-17-19(2)32(20(24)3)18-22-12-15-29-16-13-22/h5-17,26-27H,4,18H2,1-3H3,(H,31,34)/t26-,27-/m1/s1. The fourth-order valence-corrected chi connectivity index (χ4v) is 5.23. The minimum Gasteiger partial charge on any atom is -0.351 e. The topological polar surface area (TPSA) is 46.0 Å². The Balaban J connectivity index is 1.61. The molecule has 0 amide bonds. The van der Waals surface area contributed by atoms with Crippen LogP contribution < -0.4 is 10.2 Å². The summed E-state index contributed by atoms with van der Waals surface area (Å²) in [5.41, 5.74) is 8.35. The first kappa shape index (κ1) is 22.3. The van der Waals surface area contributed by atoms with Gasteiger partial charge < -0.3 is 14.8 Å². The Labute approximate surface area is 206 Å². The number of nitrogens with zero attached hydrogens (tertiary/aromatic N) is 4. The predicted molar refractivity (Wildman–Crippen MR) is 141 cm³/mol. The number of aromatic nitrogens is 3. The molecule has 4 aromatic rings. The van der Waals surface area contributed by atoms with E-state index >= 15 is 0 Å². The molecule has 4 heterocycles. The molecule has 0 spiro atoms. The molecule has 0 radical (unpaired) electrons. The fourth-order valence-electron chi connectivity index (χ4n) is 4.88. The Bertz CT molecular complexity index is 1280. The molecule has 1 N–H and O–H groups in total. The Hall–Kier alpha value is -3.51. The maximum atomic E-state index is 5.90. The third-order valence-corrected chi connectivity index (χ3v) is 7.06. The molecular formula is C28H29N5S. The van der Waals surface area contributed by atoms with Gasteiger partial charge in [0, 0.05) is 42.2 Å². The van der Waals surface area contributed by atoms with Gasteiger partial charge in [0.2, 0.25) is 0 Å². The van der Waals surface area contributed by atoms with Gasteiger partial charge in [-0.05, 0) is 91.6 Å². The minimum atomic E-state index is -0.0468. The second kappa shape index (κ2) is 9.39. The van der Waals surface area contributed by atoms with E-state index in [0.29, 0.717) is 0 Å². The molecule has 3 aromatic heterocycles. The second-order valence-corrected chi connectivity index (χ2v) is 9.17. The normalized spacial score (nSPS) is 17.7. The van der Waals surface area contributed by atoms with Crippen LogP contribution in [0.4, 0.5) is 5.69 Å². The zero-order chi connectivity index (χ0) is 23.7. The largest absolute Gasteiger partial charge is 0.351 e. The van der Waals surface area contributed by atoms with Crippen LogP contribution in [0.2, 0.25) is 0 Å². The summed E-state index contributed by atoms with van der Waals surface area (Å²) < 4.78 is 2.37. The summed E-state index contributed by atoms with van der Waals surface area (Å²) in [7, 11) is 0. The molecule has 2 atom stereocenters. The van der Waals surface area contributed by atoms with Crippen molar-refractivity contribution in [2.45, 2.75) is 45.8 Å². The van der Waals surface area contributed by atoms with Gasteiger partial charge in [0.05, 0.1) is 17.8 Å². The van der Waals surface area contributed by atoms with Gasteiger partial charge in [-0.25, -0.2) is 0 Å². The highest BCUT2D eigenvalue weighted by atomic mass is 32.1. The molecule has 0 aliphatic carbocycles. The van der Waals surface area contributed by atoms with Crippen LogP contribution in [0.1, 0.15) is 52.8 Å². The lowest BCUT2D eigenvalue weighted by Crippen LogP contribution is -2.29. The average Bonchev–Trinajstić information content (AvgIpc) is 3.36. The van der Waals surface area contributed by atoms with E-state index in [1.54, 1.807) is 0 Å². The fraction of sp³-hybridized carbons (Fsp3) is 0.250. The number of hydrogen-bond acceptors (Lipinski definition) is 3. The van der Waals surface area contributed by atoms with Crippen molar-refractivity contribution >= 4 is 23.0 Å². The van der Waals surface area contributed by atoms with E-state index in [1.165, 1.54) is 28.1 Å². The molecule has 1 saturated heterocycles. The second-order valence-electron chi connectivity index (χ2n) is 8.78. The van der Waals surface area contributed by atoms with E-state index in [1.807, 2.05) is 30.7 Å². The van der Waals surface area contributed by atoms with E-state index in [0.717, 1.165) is 29.5 Å².